The fraction of sp³-hybridized carbons (Fsp3) is 0.429. The van der Waals surface area contributed by atoms with Gasteiger partial charge in [-0.1, -0.05) is 31.9 Å². The SMILES string of the molecule is CCN(CC)c1ccc(C2=C(N3c4ccc(C(=O)O)cc4C4(C)CCCCC34)CC2=O)cc1. The van der Waals surface area contributed by atoms with Crippen LogP contribution in [0.5, 0.6) is 0 Å². The normalized spacial score (nSPS) is 23.8. The average molecular weight is 445 g/mol. The van der Waals surface area contributed by atoms with Gasteiger partial charge in [0, 0.05) is 47.2 Å². The minimum Gasteiger partial charge on any atom is -0.478 e. The molecule has 0 aromatic heterocycles. The van der Waals surface area contributed by atoms with Crippen LogP contribution in [-0.4, -0.2) is 36.0 Å². The molecule has 33 heavy (non-hydrogen) atoms. The van der Waals surface area contributed by atoms with Gasteiger partial charge in [0.05, 0.1) is 12.0 Å². The van der Waals surface area contributed by atoms with Crippen LogP contribution in [0.4, 0.5) is 11.4 Å². The standard InChI is InChI=1S/C28H32N2O3/c1-4-29(5-2)20-12-9-18(10-13-20)26-23(17-24(26)31)30-22-14-11-19(27(32)33)16-21(22)28(3)15-7-6-8-25(28)30/h9-14,16,25H,4-8,15,17H2,1-3H3,(H,32,33). The lowest BCUT2D eigenvalue weighted by Gasteiger charge is -2.43. The van der Waals surface area contributed by atoms with Crippen LogP contribution in [-0.2, 0) is 10.2 Å². The Hall–Kier alpha value is -3.08. The van der Waals surface area contributed by atoms with Crippen LogP contribution >= 0.6 is 0 Å². The van der Waals surface area contributed by atoms with Crippen molar-refractivity contribution in [3.8, 4) is 0 Å². The van der Waals surface area contributed by atoms with Crippen molar-refractivity contribution in [3.63, 3.8) is 0 Å². The first-order valence-corrected chi connectivity index (χ1v) is 12.2. The molecule has 2 unspecified atom stereocenters. The second-order valence-corrected chi connectivity index (χ2v) is 9.73. The molecule has 2 aliphatic carbocycles. The summed E-state index contributed by atoms with van der Waals surface area (Å²) in [7, 11) is 0. The Kier molecular flexibility index (Phi) is 5.31. The van der Waals surface area contributed by atoms with Crippen molar-refractivity contribution in [2.45, 2.75) is 64.3 Å². The summed E-state index contributed by atoms with van der Waals surface area (Å²) >= 11 is 0. The highest BCUT2D eigenvalue weighted by Crippen LogP contribution is 2.56. The number of aromatic carboxylic acids is 1. The number of benzene rings is 2. The molecule has 0 bridgehead atoms. The molecule has 1 heterocycles. The van der Waals surface area contributed by atoms with Gasteiger partial charge in [-0.15, -0.1) is 0 Å². The van der Waals surface area contributed by atoms with Crippen LogP contribution in [0.25, 0.3) is 5.57 Å². The second-order valence-electron chi connectivity index (χ2n) is 9.73. The Labute approximate surface area is 195 Å². The number of rotatable bonds is 6. The summed E-state index contributed by atoms with van der Waals surface area (Å²) in [6.07, 6.45) is 4.85. The number of hydrogen-bond acceptors (Lipinski definition) is 4. The molecule has 2 aromatic rings. The zero-order valence-electron chi connectivity index (χ0n) is 19.7. The van der Waals surface area contributed by atoms with E-state index in [1.54, 1.807) is 6.07 Å². The molecule has 0 spiro atoms. The zero-order chi connectivity index (χ0) is 23.3. The number of nitrogens with zero attached hydrogens (tertiary/aromatic N) is 2. The maximum absolute atomic E-state index is 12.9. The van der Waals surface area contributed by atoms with Gasteiger partial charge in [0.1, 0.15) is 0 Å². The molecule has 1 N–H and O–H groups in total. The summed E-state index contributed by atoms with van der Waals surface area (Å²) in [4.78, 5) is 29.2. The maximum atomic E-state index is 12.9. The van der Waals surface area contributed by atoms with Gasteiger partial charge in [0.15, 0.2) is 5.78 Å². The summed E-state index contributed by atoms with van der Waals surface area (Å²) in [5.74, 6) is -0.701. The van der Waals surface area contributed by atoms with Gasteiger partial charge in [-0.2, -0.15) is 0 Å². The summed E-state index contributed by atoms with van der Waals surface area (Å²) in [5, 5.41) is 9.58. The summed E-state index contributed by atoms with van der Waals surface area (Å²) in [6.45, 7) is 8.48. The minimum atomic E-state index is -0.890. The maximum Gasteiger partial charge on any atom is 0.335 e. The van der Waals surface area contributed by atoms with Crippen molar-refractivity contribution in [2.75, 3.05) is 22.9 Å². The number of ketones is 1. The Morgan fingerprint density at radius 2 is 1.85 bits per heavy atom. The number of anilines is 2. The first-order chi connectivity index (χ1) is 15.9. The number of carbonyl (C=O) groups excluding carboxylic acids is 1. The molecule has 1 aliphatic heterocycles. The highest BCUT2D eigenvalue weighted by atomic mass is 16.4. The molecular formula is C28H32N2O3. The van der Waals surface area contributed by atoms with E-state index in [1.165, 1.54) is 5.69 Å². The van der Waals surface area contributed by atoms with E-state index >= 15 is 0 Å². The number of carbonyl (C=O) groups is 2. The fourth-order valence-electron chi connectivity index (χ4n) is 6.23. The van der Waals surface area contributed by atoms with Crippen LogP contribution in [0.1, 0.15) is 74.4 Å². The van der Waals surface area contributed by atoms with Crippen molar-refractivity contribution >= 4 is 28.7 Å². The lowest BCUT2D eigenvalue weighted by atomic mass is 9.69. The number of carboxylic acids is 1. The van der Waals surface area contributed by atoms with E-state index in [1.807, 2.05) is 12.1 Å². The van der Waals surface area contributed by atoms with E-state index < -0.39 is 5.97 Å². The molecule has 5 nitrogen and oxygen atoms in total. The van der Waals surface area contributed by atoms with Crippen LogP contribution < -0.4 is 9.80 Å². The van der Waals surface area contributed by atoms with E-state index in [4.69, 9.17) is 0 Å². The molecule has 5 rings (SSSR count). The van der Waals surface area contributed by atoms with Crippen LogP contribution in [0, 0.1) is 0 Å². The van der Waals surface area contributed by atoms with E-state index in [0.717, 1.165) is 66.9 Å². The van der Waals surface area contributed by atoms with Crippen molar-refractivity contribution in [3.05, 3.63) is 64.9 Å². The second kappa shape index (κ2) is 8.05. The van der Waals surface area contributed by atoms with Gasteiger partial charge in [-0.05, 0) is 68.1 Å². The highest BCUT2D eigenvalue weighted by molar-refractivity contribution is 6.29. The molecule has 5 heteroatoms. The van der Waals surface area contributed by atoms with Crippen LogP contribution in [0.3, 0.4) is 0 Å². The van der Waals surface area contributed by atoms with Crippen LogP contribution in [0.2, 0.25) is 0 Å². The molecule has 0 amide bonds. The average Bonchev–Trinajstić information content (AvgIpc) is 3.07. The quantitative estimate of drug-likeness (QED) is 0.625. The molecule has 0 saturated heterocycles. The highest BCUT2D eigenvalue weighted by Gasteiger charge is 2.52. The Balaban J connectivity index is 1.60. The molecule has 2 atom stereocenters. The lowest BCUT2D eigenvalue weighted by molar-refractivity contribution is -0.114. The summed E-state index contributed by atoms with van der Waals surface area (Å²) in [5.41, 5.74) is 6.51. The fourth-order valence-corrected chi connectivity index (χ4v) is 6.23. The number of fused-ring (bicyclic) bond motifs is 3. The zero-order valence-corrected chi connectivity index (χ0v) is 19.7. The van der Waals surface area contributed by atoms with Gasteiger partial charge in [-0.3, -0.25) is 4.79 Å². The topological polar surface area (TPSA) is 60.9 Å². The van der Waals surface area contributed by atoms with Gasteiger partial charge in [0.2, 0.25) is 0 Å². The first kappa shape index (κ1) is 21.7. The third-order valence-electron chi connectivity index (χ3n) is 8.06. The molecule has 1 fully saturated rings. The van der Waals surface area contributed by atoms with Crippen molar-refractivity contribution < 1.29 is 14.7 Å². The summed E-state index contributed by atoms with van der Waals surface area (Å²) < 4.78 is 0. The molecule has 1 saturated carbocycles. The largest absolute Gasteiger partial charge is 0.478 e. The number of hydrogen-bond donors (Lipinski definition) is 1. The van der Waals surface area contributed by atoms with E-state index in [2.05, 4.69) is 54.8 Å². The predicted octanol–water partition coefficient (Wildman–Crippen LogP) is 5.64. The van der Waals surface area contributed by atoms with Crippen molar-refractivity contribution in [1.29, 1.82) is 0 Å². The molecule has 172 valence electrons. The number of allylic oxidation sites excluding steroid dienone is 2. The van der Waals surface area contributed by atoms with Crippen LogP contribution in [0.15, 0.2) is 48.2 Å². The predicted molar refractivity (Wildman–Crippen MR) is 132 cm³/mol. The van der Waals surface area contributed by atoms with Gasteiger partial charge >= 0.3 is 5.97 Å². The van der Waals surface area contributed by atoms with E-state index in [-0.39, 0.29) is 17.2 Å². The number of carboxylic acid groups (broad SMARTS) is 1. The first-order valence-electron chi connectivity index (χ1n) is 12.2. The van der Waals surface area contributed by atoms with Crippen molar-refractivity contribution in [1.82, 2.24) is 0 Å². The Morgan fingerprint density at radius 3 is 2.48 bits per heavy atom. The van der Waals surface area contributed by atoms with E-state index in [9.17, 15) is 14.7 Å². The monoisotopic (exact) mass is 444 g/mol. The molecule has 2 aromatic carbocycles. The van der Waals surface area contributed by atoms with E-state index in [0.29, 0.717) is 12.0 Å². The third kappa shape index (κ3) is 3.28. The van der Waals surface area contributed by atoms with Gasteiger partial charge < -0.3 is 14.9 Å². The molecular weight excluding hydrogens is 412 g/mol. The van der Waals surface area contributed by atoms with Gasteiger partial charge in [-0.25, -0.2) is 4.79 Å². The number of Topliss-reactive ketones (excluding diaryl/α,β-unsaturated/α-hetero) is 1. The van der Waals surface area contributed by atoms with Gasteiger partial charge in [0.25, 0.3) is 0 Å². The minimum absolute atomic E-state index is 0.0948. The Morgan fingerprint density at radius 1 is 1.12 bits per heavy atom. The Bertz CT molecular complexity index is 1150. The summed E-state index contributed by atoms with van der Waals surface area (Å²) in [6, 6.07) is 14.2. The van der Waals surface area contributed by atoms with Crippen molar-refractivity contribution in [2.24, 2.45) is 0 Å². The third-order valence-corrected chi connectivity index (χ3v) is 8.06. The molecule has 3 aliphatic rings. The smallest absolute Gasteiger partial charge is 0.335 e. The lowest BCUT2D eigenvalue weighted by Crippen LogP contribution is -2.47. The molecule has 0 radical (unpaired) electrons.